The summed E-state index contributed by atoms with van der Waals surface area (Å²) >= 11 is 5.27. The molecule has 0 unspecified atom stereocenters. The van der Waals surface area contributed by atoms with Gasteiger partial charge < -0.3 is 10.1 Å². The number of carbonyl (C=O) groups excluding carboxylic acids is 1. The summed E-state index contributed by atoms with van der Waals surface area (Å²) < 4.78 is 1.15. The van der Waals surface area contributed by atoms with Crippen LogP contribution in [0.5, 0.6) is 0 Å². The third-order valence-corrected chi connectivity index (χ3v) is 4.74. The lowest BCUT2D eigenvalue weighted by molar-refractivity contribution is -0.117. The number of hydrogen-bond donors (Lipinski definition) is 1. The van der Waals surface area contributed by atoms with E-state index in [0.29, 0.717) is 6.42 Å². The van der Waals surface area contributed by atoms with E-state index < -0.39 is 0 Å². The van der Waals surface area contributed by atoms with Crippen molar-refractivity contribution in [2.75, 3.05) is 13.1 Å². The minimum atomic E-state index is 0.146. The molecule has 0 bridgehead atoms. The molecule has 4 heteroatoms. The molecule has 0 atom stereocenters. The summed E-state index contributed by atoms with van der Waals surface area (Å²) in [4.78, 5) is 12.2. The lowest BCUT2D eigenvalue weighted by Crippen LogP contribution is -2.32. The Balaban J connectivity index is 2.32. The van der Waals surface area contributed by atoms with E-state index in [4.69, 9.17) is 0 Å². The largest absolute Gasteiger partial charge is 0.316 e. The first-order valence-electron chi connectivity index (χ1n) is 5.86. The maximum absolute atomic E-state index is 10.8. The predicted octanol–water partition coefficient (Wildman–Crippen LogP) is 3.75. The fourth-order valence-electron chi connectivity index (χ4n) is 1.62. The normalized spacial score (nSPS) is 11.8. The van der Waals surface area contributed by atoms with Crippen molar-refractivity contribution in [2.45, 2.75) is 39.0 Å². The Bertz CT molecular complexity index is 373. The van der Waals surface area contributed by atoms with E-state index in [1.54, 1.807) is 18.3 Å². The molecule has 0 aromatic carbocycles. The highest BCUT2D eigenvalue weighted by Gasteiger charge is 2.21. The van der Waals surface area contributed by atoms with E-state index in [2.05, 4.69) is 46.5 Å². The van der Waals surface area contributed by atoms with Crippen LogP contribution in [0.1, 0.15) is 38.5 Å². The van der Waals surface area contributed by atoms with Crippen LogP contribution < -0.4 is 5.32 Å². The summed E-state index contributed by atoms with van der Waals surface area (Å²) in [6.07, 6.45) is 1.61. The van der Waals surface area contributed by atoms with E-state index in [0.717, 1.165) is 24.0 Å². The quantitative estimate of drug-likeness (QED) is 0.776. The molecule has 0 fully saturated rings. The minimum absolute atomic E-state index is 0.146. The zero-order chi connectivity index (χ0) is 12.9. The van der Waals surface area contributed by atoms with E-state index in [1.807, 2.05) is 0 Å². The molecule has 0 aliphatic carbocycles. The number of Topliss-reactive ketones (excluding diaryl/α,β-unsaturated/α-hetero) is 1. The second-order valence-corrected chi connectivity index (χ2v) is 6.82. The van der Waals surface area contributed by atoms with Gasteiger partial charge in [-0.05, 0) is 41.9 Å². The second kappa shape index (κ2) is 6.66. The van der Waals surface area contributed by atoms with Gasteiger partial charge in [-0.25, -0.2) is 0 Å². The molecule has 2 nitrogen and oxygen atoms in total. The Hall–Kier alpha value is -0.190. The van der Waals surface area contributed by atoms with Gasteiger partial charge in [-0.1, -0.05) is 13.8 Å². The van der Waals surface area contributed by atoms with Crippen LogP contribution in [0.4, 0.5) is 0 Å². The smallest absolute Gasteiger partial charge is 0.129 e. The molecule has 1 aromatic heterocycles. The number of rotatable bonds is 7. The SMILES string of the molecule is CC(=O)CCCNCC(C)(C)c1cc(Br)cs1. The first-order chi connectivity index (χ1) is 7.92. The van der Waals surface area contributed by atoms with E-state index >= 15 is 0 Å². The van der Waals surface area contributed by atoms with Crippen LogP contribution in [0.15, 0.2) is 15.9 Å². The maximum Gasteiger partial charge on any atom is 0.129 e. The first kappa shape index (κ1) is 14.9. The molecule has 1 heterocycles. The average molecular weight is 318 g/mol. The van der Waals surface area contributed by atoms with E-state index in [1.165, 1.54) is 4.88 Å². The molecular weight excluding hydrogens is 298 g/mol. The zero-order valence-corrected chi connectivity index (χ0v) is 13.1. The summed E-state index contributed by atoms with van der Waals surface area (Å²) in [7, 11) is 0. The van der Waals surface area contributed by atoms with Gasteiger partial charge in [-0.2, -0.15) is 0 Å². The molecule has 0 aliphatic rings. The molecule has 1 rings (SSSR count). The molecule has 0 saturated heterocycles. The summed E-state index contributed by atoms with van der Waals surface area (Å²) in [6, 6.07) is 2.18. The summed E-state index contributed by atoms with van der Waals surface area (Å²) in [5.41, 5.74) is 0.146. The van der Waals surface area contributed by atoms with Gasteiger partial charge >= 0.3 is 0 Å². The second-order valence-electron chi connectivity index (χ2n) is 5.00. The lowest BCUT2D eigenvalue weighted by atomic mass is 9.91. The number of ketones is 1. The highest BCUT2D eigenvalue weighted by atomic mass is 79.9. The molecule has 0 aliphatic heterocycles. The fraction of sp³-hybridized carbons (Fsp3) is 0.615. The van der Waals surface area contributed by atoms with E-state index in [-0.39, 0.29) is 11.2 Å². The van der Waals surface area contributed by atoms with Gasteiger partial charge in [0, 0.05) is 33.1 Å². The lowest BCUT2D eigenvalue weighted by Gasteiger charge is -2.23. The van der Waals surface area contributed by atoms with Crippen molar-refractivity contribution in [1.29, 1.82) is 0 Å². The first-order valence-corrected chi connectivity index (χ1v) is 7.54. The molecule has 0 radical (unpaired) electrons. The Morgan fingerprint density at radius 3 is 2.76 bits per heavy atom. The number of hydrogen-bond acceptors (Lipinski definition) is 3. The van der Waals surface area contributed by atoms with Gasteiger partial charge in [0.1, 0.15) is 5.78 Å². The highest BCUT2D eigenvalue weighted by Crippen LogP contribution is 2.30. The number of nitrogens with one attached hydrogen (secondary N) is 1. The van der Waals surface area contributed by atoms with Gasteiger partial charge in [-0.3, -0.25) is 0 Å². The van der Waals surface area contributed by atoms with Gasteiger partial charge in [0.05, 0.1) is 0 Å². The van der Waals surface area contributed by atoms with Crippen molar-refractivity contribution in [3.8, 4) is 0 Å². The summed E-state index contributed by atoms with van der Waals surface area (Å²) in [5.74, 6) is 0.272. The molecule has 96 valence electrons. The molecule has 0 saturated carbocycles. The van der Waals surface area contributed by atoms with E-state index in [9.17, 15) is 4.79 Å². The zero-order valence-electron chi connectivity index (χ0n) is 10.7. The van der Waals surface area contributed by atoms with Gasteiger partial charge in [0.2, 0.25) is 0 Å². The number of thiophene rings is 1. The van der Waals surface area contributed by atoms with Crippen LogP contribution in [-0.2, 0) is 10.2 Å². The third-order valence-electron chi connectivity index (χ3n) is 2.68. The molecule has 1 N–H and O–H groups in total. The Labute approximate surface area is 116 Å². The van der Waals surface area contributed by atoms with Crippen LogP contribution in [-0.4, -0.2) is 18.9 Å². The van der Waals surface area contributed by atoms with Crippen LogP contribution >= 0.6 is 27.3 Å². The Morgan fingerprint density at radius 1 is 1.53 bits per heavy atom. The molecule has 0 spiro atoms. The fourth-order valence-corrected chi connectivity index (χ4v) is 3.17. The molecule has 17 heavy (non-hydrogen) atoms. The van der Waals surface area contributed by atoms with Crippen LogP contribution in [0.2, 0.25) is 0 Å². The van der Waals surface area contributed by atoms with Crippen LogP contribution in [0.3, 0.4) is 0 Å². The van der Waals surface area contributed by atoms with Crippen molar-refractivity contribution >= 4 is 33.0 Å². The molecular formula is C13H20BrNOS. The average Bonchev–Trinajstić information content (AvgIpc) is 2.64. The van der Waals surface area contributed by atoms with Gasteiger partial charge in [-0.15, -0.1) is 11.3 Å². The van der Waals surface area contributed by atoms with Crippen molar-refractivity contribution in [3.05, 3.63) is 20.8 Å². The third kappa shape index (κ3) is 5.32. The van der Waals surface area contributed by atoms with Crippen molar-refractivity contribution in [1.82, 2.24) is 5.32 Å². The number of carbonyl (C=O) groups is 1. The van der Waals surface area contributed by atoms with Crippen molar-refractivity contribution in [2.24, 2.45) is 0 Å². The van der Waals surface area contributed by atoms with Gasteiger partial charge in [0.15, 0.2) is 0 Å². The monoisotopic (exact) mass is 317 g/mol. The highest BCUT2D eigenvalue weighted by molar-refractivity contribution is 9.10. The maximum atomic E-state index is 10.8. The topological polar surface area (TPSA) is 29.1 Å². The van der Waals surface area contributed by atoms with Gasteiger partial charge in [0.25, 0.3) is 0 Å². The number of halogens is 1. The summed E-state index contributed by atoms with van der Waals surface area (Å²) in [5, 5.41) is 5.55. The molecule has 0 amide bonds. The standard InChI is InChI=1S/C13H20BrNOS/c1-10(16)5-4-6-15-9-13(2,3)12-7-11(14)8-17-12/h7-8,15H,4-6,9H2,1-3H3. The molecule has 1 aromatic rings. The van der Waals surface area contributed by atoms with Crippen LogP contribution in [0, 0.1) is 0 Å². The van der Waals surface area contributed by atoms with Crippen molar-refractivity contribution < 1.29 is 4.79 Å². The predicted molar refractivity (Wildman–Crippen MR) is 77.8 cm³/mol. The Morgan fingerprint density at radius 2 is 2.24 bits per heavy atom. The van der Waals surface area contributed by atoms with Crippen LogP contribution in [0.25, 0.3) is 0 Å². The van der Waals surface area contributed by atoms with Crippen molar-refractivity contribution in [3.63, 3.8) is 0 Å². The Kier molecular flexibility index (Phi) is 5.83. The minimum Gasteiger partial charge on any atom is -0.316 e. The summed E-state index contributed by atoms with van der Waals surface area (Å²) in [6.45, 7) is 7.98.